The fourth-order valence-corrected chi connectivity index (χ4v) is 1.58. The number of carboxylic acids is 1. The van der Waals surface area contributed by atoms with Gasteiger partial charge in [0, 0.05) is 11.9 Å². The predicted molar refractivity (Wildman–Crippen MR) is 60.6 cm³/mol. The van der Waals surface area contributed by atoms with Crippen molar-refractivity contribution in [1.82, 2.24) is 10.3 Å². The lowest BCUT2D eigenvalue weighted by Crippen LogP contribution is -2.46. The van der Waals surface area contributed by atoms with Crippen LogP contribution in [-0.4, -0.2) is 39.2 Å². The van der Waals surface area contributed by atoms with Gasteiger partial charge in [0.15, 0.2) is 5.60 Å². The average Bonchev–Trinajstić information content (AvgIpc) is 2.74. The fourth-order valence-electron chi connectivity index (χ4n) is 0.927. The number of hydrogen-bond donors (Lipinski definition) is 4. The number of rotatable bonds is 5. The molecular formula is C9H13N3O4S. The SMILES string of the molecule is CC(O)(CNC(=O)c1csc(CN)n1)C(=O)O. The van der Waals surface area contributed by atoms with E-state index >= 15 is 0 Å². The molecule has 1 unspecified atom stereocenters. The average molecular weight is 259 g/mol. The molecule has 0 aliphatic carbocycles. The van der Waals surface area contributed by atoms with Crippen LogP contribution in [0, 0.1) is 0 Å². The van der Waals surface area contributed by atoms with Crippen LogP contribution < -0.4 is 11.1 Å². The number of carboxylic acid groups (broad SMARTS) is 1. The van der Waals surface area contributed by atoms with Crippen molar-refractivity contribution in [3.05, 3.63) is 16.1 Å². The highest BCUT2D eigenvalue weighted by Crippen LogP contribution is 2.09. The van der Waals surface area contributed by atoms with Gasteiger partial charge in [0.2, 0.25) is 0 Å². The van der Waals surface area contributed by atoms with E-state index < -0.39 is 24.0 Å². The number of aliphatic hydroxyl groups is 1. The molecule has 17 heavy (non-hydrogen) atoms. The number of carbonyl (C=O) groups excluding carboxylic acids is 1. The molecule has 0 aliphatic rings. The van der Waals surface area contributed by atoms with Gasteiger partial charge in [-0.05, 0) is 6.92 Å². The third-order valence-electron chi connectivity index (χ3n) is 2.01. The van der Waals surface area contributed by atoms with Crippen LogP contribution in [0.4, 0.5) is 0 Å². The molecule has 1 aromatic rings. The number of nitrogens with one attached hydrogen (secondary N) is 1. The first-order chi connectivity index (χ1) is 7.86. The molecule has 0 bridgehead atoms. The minimum Gasteiger partial charge on any atom is -0.479 e. The molecule has 1 amide bonds. The molecule has 0 spiro atoms. The summed E-state index contributed by atoms with van der Waals surface area (Å²) in [6.45, 7) is 0.948. The summed E-state index contributed by atoms with van der Waals surface area (Å²) < 4.78 is 0. The Morgan fingerprint density at radius 2 is 2.29 bits per heavy atom. The molecule has 1 atom stereocenters. The second kappa shape index (κ2) is 5.21. The second-order valence-corrected chi connectivity index (χ2v) is 4.53. The number of nitrogens with zero attached hydrogens (tertiary/aromatic N) is 1. The molecule has 94 valence electrons. The van der Waals surface area contributed by atoms with Crippen molar-refractivity contribution in [3.8, 4) is 0 Å². The maximum absolute atomic E-state index is 11.5. The Balaban J connectivity index is 2.58. The smallest absolute Gasteiger partial charge is 0.337 e. The molecule has 1 heterocycles. The van der Waals surface area contributed by atoms with Crippen molar-refractivity contribution in [3.63, 3.8) is 0 Å². The topological polar surface area (TPSA) is 126 Å². The highest BCUT2D eigenvalue weighted by Gasteiger charge is 2.30. The summed E-state index contributed by atoms with van der Waals surface area (Å²) in [5.41, 5.74) is 3.51. The van der Waals surface area contributed by atoms with Crippen LogP contribution in [0.25, 0.3) is 0 Å². The normalized spacial score (nSPS) is 14.1. The van der Waals surface area contributed by atoms with Crippen LogP contribution in [0.3, 0.4) is 0 Å². The fraction of sp³-hybridized carbons (Fsp3) is 0.444. The van der Waals surface area contributed by atoms with Crippen LogP contribution in [0.15, 0.2) is 5.38 Å². The molecule has 5 N–H and O–H groups in total. The number of nitrogens with two attached hydrogens (primary N) is 1. The lowest BCUT2D eigenvalue weighted by Gasteiger charge is -2.17. The summed E-state index contributed by atoms with van der Waals surface area (Å²) >= 11 is 1.24. The summed E-state index contributed by atoms with van der Waals surface area (Å²) in [6, 6.07) is 0. The monoisotopic (exact) mass is 259 g/mol. The summed E-state index contributed by atoms with van der Waals surface area (Å²) in [6.07, 6.45) is 0. The van der Waals surface area contributed by atoms with E-state index in [1.807, 2.05) is 0 Å². The van der Waals surface area contributed by atoms with Gasteiger partial charge < -0.3 is 21.3 Å². The van der Waals surface area contributed by atoms with Crippen molar-refractivity contribution in [2.75, 3.05) is 6.54 Å². The molecule has 0 saturated heterocycles. The van der Waals surface area contributed by atoms with E-state index in [9.17, 15) is 14.7 Å². The maximum Gasteiger partial charge on any atom is 0.337 e. The van der Waals surface area contributed by atoms with E-state index in [1.54, 1.807) is 0 Å². The number of aliphatic carboxylic acids is 1. The van der Waals surface area contributed by atoms with Gasteiger partial charge in [0.05, 0.1) is 6.54 Å². The maximum atomic E-state index is 11.5. The zero-order valence-corrected chi connectivity index (χ0v) is 9.95. The van der Waals surface area contributed by atoms with E-state index in [1.165, 1.54) is 16.7 Å². The molecule has 0 aliphatic heterocycles. The van der Waals surface area contributed by atoms with Crippen molar-refractivity contribution < 1.29 is 19.8 Å². The van der Waals surface area contributed by atoms with Gasteiger partial charge in [0.25, 0.3) is 5.91 Å². The zero-order valence-electron chi connectivity index (χ0n) is 9.14. The molecule has 8 heteroatoms. The molecule has 1 rings (SSSR count). The predicted octanol–water partition coefficient (Wildman–Crippen LogP) is -0.833. The summed E-state index contributed by atoms with van der Waals surface area (Å²) in [5, 5.41) is 22.4. The van der Waals surface area contributed by atoms with Crippen LogP contribution >= 0.6 is 11.3 Å². The van der Waals surface area contributed by atoms with Gasteiger partial charge in [-0.25, -0.2) is 9.78 Å². The van der Waals surface area contributed by atoms with E-state index in [2.05, 4.69) is 10.3 Å². The number of aromatic nitrogens is 1. The molecule has 0 fully saturated rings. The van der Waals surface area contributed by atoms with Gasteiger partial charge in [-0.1, -0.05) is 0 Å². The third kappa shape index (κ3) is 3.48. The van der Waals surface area contributed by atoms with Crippen LogP contribution in [-0.2, 0) is 11.3 Å². The Morgan fingerprint density at radius 3 is 2.76 bits per heavy atom. The standard InChI is InChI=1S/C9H13N3O4S/c1-9(16,8(14)15)4-11-7(13)5-3-17-6(2-10)12-5/h3,16H,2,4,10H2,1H3,(H,11,13)(H,14,15). The molecule has 7 nitrogen and oxygen atoms in total. The van der Waals surface area contributed by atoms with Crippen molar-refractivity contribution in [2.24, 2.45) is 5.73 Å². The summed E-state index contributed by atoms with van der Waals surface area (Å²) in [7, 11) is 0. The Hall–Kier alpha value is -1.51. The van der Waals surface area contributed by atoms with Crippen molar-refractivity contribution in [1.29, 1.82) is 0 Å². The van der Waals surface area contributed by atoms with Gasteiger partial charge in [-0.15, -0.1) is 11.3 Å². The first-order valence-corrected chi connectivity index (χ1v) is 5.63. The Morgan fingerprint density at radius 1 is 1.65 bits per heavy atom. The van der Waals surface area contributed by atoms with E-state index in [0.29, 0.717) is 5.01 Å². The van der Waals surface area contributed by atoms with Crippen LogP contribution in [0.1, 0.15) is 22.4 Å². The van der Waals surface area contributed by atoms with Gasteiger partial charge in [-0.2, -0.15) is 0 Å². The van der Waals surface area contributed by atoms with Crippen LogP contribution in [0.2, 0.25) is 0 Å². The molecular weight excluding hydrogens is 246 g/mol. The quantitative estimate of drug-likeness (QED) is 0.546. The van der Waals surface area contributed by atoms with Gasteiger partial charge in [-0.3, -0.25) is 4.79 Å². The van der Waals surface area contributed by atoms with Crippen molar-refractivity contribution in [2.45, 2.75) is 19.1 Å². The highest BCUT2D eigenvalue weighted by molar-refractivity contribution is 7.09. The lowest BCUT2D eigenvalue weighted by atomic mass is 10.1. The van der Waals surface area contributed by atoms with Gasteiger partial charge >= 0.3 is 5.97 Å². The number of thiazole rings is 1. The molecule has 1 aromatic heterocycles. The van der Waals surface area contributed by atoms with Crippen LogP contribution in [0.5, 0.6) is 0 Å². The third-order valence-corrected chi connectivity index (χ3v) is 2.88. The largest absolute Gasteiger partial charge is 0.479 e. The lowest BCUT2D eigenvalue weighted by molar-refractivity contribution is -0.155. The van der Waals surface area contributed by atoms with Crippen molar-refractivity contribution >= 4 is 23.2 Å². The Labute approximate surface area is 101 Å². The highest BCUT2D eigenvalue weighted by atomic mass is 32.1. The Kier molecular flexibility index (Phi) is 4.16. The van der Waals surface area contributed by atoms with E-state index in [0.717, 1.165) is 6.92 Å². The second-order valence-electron chi connectivity index (χ2n) is 3.59. The molecule has 0 aromatic carbocycles. The van der Waals surface area contributed by atoms with E-state index in [4.69, 9.17) is 10.8 Å². The number of amides is 1. The zero-order chi connectivity index (χ0) is 13.1. The van der Waals surface area contributed by atoms with Gasteiger partial charge in [0.1, 0.15) is 10.7 Å². The first-order valence-electron chi connectivity index (χ1n) is 4.75. The van der Waals surface area contributed by atoms with E-state index in [-0.39, 0.29) is 12.2 Å². The molecule has 0 radical (unpaired) electrons. The Bertz CT molecular complexity index is 430. The summed E-state index contributed by atoms with van der Waals surface area (Å²) in [5.74, 6) is -1.94. The first kappa shape index (κ1) is 13.6. The minimum absolute atomic E-state index is 0.164. The summed E-state index contributed by atoms with van der Waals surface area (Å²) in [4.78, 5) is 26.0. The number of hydrogen-bond acceptors (Lipinski definition) is 6. The number of carbonyl (C=O) groups is 2. The molecule has 0 saturated carbocycles. The minimum atomic E-state index is -2.00.